The highest BCUT2D eigenvalue weighted by Gasteiger charge is 2.30. The number of benzene rings is 3. The van der Waals surface area contributed by atoms with Crippen LogP contribution in [0.25, 0.3) is 10.6 Å². The molecule has 0 aliphatic carbocycles. The van der Waals surface area contributed by atoms with Gasteiger partial charge < -0.3 is 14.8 Å². The van der Waals surface area contributed by atoms with Crippen molar-refractivity contribution in [1.82, 2.24) is 14.5 Å². The standard InChI is InChI=1S/C31H33F3N4O5S2/c1-19-16-20(2)28(21(3)17-19)45(40,41)38(14-12-22-6-11-25(42-4)26(18-22)43-5)15-13-27(39)35-30-37-36-29(44-30)23-7-9-24(10-8-23)31(32,33)34/h6-11,16-18H,12-15H2,1-5H3,(H,35,37,39). The van der Waals surface area contributed by atoms with Gasteiger partial charge in [0, 0.05) is 25.1 Å². The van der Waals surface area contributed by atoms with Crippen molar-refractivity contribution in [3.63, 3.8) is 0 Å². The minimum atomic E-state index is -4.46. The Balaban J connectivity index is 1.51. The smallest absolute Gasteiger partial charge is 0.416 e. The van der Waals surface area contributed by atoms with Gasteiger partial charge in [-0.25, -0.2) is 8.42 Å². The minimum Gasteiger partial charge on any atom is -0.493 e. The molecule has 3 aromatic carbocycles. The molecule has 4 aromatic rings. The van der Waals surface area contributed by atoms with Crippen LogP contribution < -0.4 is 14.8 Å². The summed E-state index contributed by atoms with van der Waals surface area (Å²) in [7, 11) is -0.954. The first kappa shape index (κ1) is 33.9. The third-order valence-electron chi connectivity index (χ3n) is 7.02. The molecule has 0 aliphatic rings. The molecule has 4 rings (SSSR count). The zero-order chi connectivity index (χ0) is 32.9. The van der Waals surface area contributed by atoms with Crippen LogP contribution in [0, 0.1) is 20.8 Å². The Morgan fingerprint density at radius 2 is 1.56 bits per heavy atom. The molecule has 9 nitrogen and oxygen atoms in total. The monoisotopic (exact) mass is 662 g/mol. The van der Waals surface area contributed by atoms with Gasteiger partial charge in [0.05, 0.1) is 24.7 Å². The Hall–Kier alpha value is -4.01. The minimum absolute atomic E-state index is 0.0920. The molecule has 1 aromatic heterocycles. The van der Waals surface area contributed by atoms with E-state index in [9.17, 15) is 26.4 Å². The molecule has 0 radical (unpaired) electrons. The highest BCUT2D eigenvalue weighted by molar-refractivity contribution is 7.89. The molecule has 0 aliphatic heterocycles. The van der Waals surface area contributed by atoms with Gasteiger partial charge in [-0.2, -0.15) is 17.5 Å². The van der Waals surface area contributed by atoms with Crippen LogP contribution in [0.3, 0.4) is 0 Å². The third-order valence-corrected chi connectivity index (χ3v) is 10.1. The maximum Gasteiger partial charge on any atom is 0.416 e. The summed E-state index contributed by atoms with van der Waals surface area (Å²) in [5.41, 5.74) is 2.60. The zero-order valence-corrected chi connectivity index (χ0v) is 27.0. The van der Waals surface area contributed by atoms with Crippen LogP contribution in [0.2, 0.25) is 0 Å². The number of nitrogens with zero attached hydrogens (tertiary/aromatic N) is 3. The predicted molar refractivity (Wildman–Crippen MR) is 166 cm³/mol. The van der Waals surface area contributed by atoms with Gasteiger partial charge in [0.1, 0.15) is 5.01 Å². The van der Waals surface area contributed by atoms with E-state index in [0.29, 0.717) is 39.6 Å². The molecule has 240 valence electrons. The molecule has 0 bridgehead atoms. The van der Waals surface area contributed by atoms with Crippen molar-refractivity contribution in [3.05, 3.63) is 82.4 Å². The molecular formula is C31H33F3N4O5S2. The van der Waals surface area contributed by atoms with Gasteiger partial charge >= 0.3 is 6.18 Å². The van der Waals surface area contributed by atoms with Crippen LogP contribution in [0.4, 0.5) is 18.3 Å². The van der Waals surface area contributed by atoms with Crippen molar-refractivity contribution in [1.29, 1.82) is 0 Å². The number of carbonyl (C=O) groups is 1. The Bertz CT molecular complexity index is 1750. The number of sulfonamides is 1. The maximum absolute atomic E-state index is 14.0. The van der Waals surface area contributed by atoms with Crippen molar-refractivity contribution < 1.29 is 35.9 Å². The number of rotatable bonds is 12. The number of aromatic nitrogens is 2. The number of nitrogens with one attached hydrogen (secondary N) is 1. The predicted octanol–water partition coefficient (Wildman–Crippen LogP) is 6.43. The van der Waals surface area contributed by atoms with Crippen LogP contribution in [0.5, 0.6) is 11.5 Å². The first-order valence-corrected chi connectivity index (χ1v) is 16.1. The van der Waals surface area contributed by atoms with Crippen molar-refractivity contribution in [2.45, 2.75) is 44.7 Å². The molecule has 14 heteroatoms. The van der Waals surface area contributed by atoms with E-state index in [0.717, 1.165) is 34.6 Å². The maximum atomic E-state index is 14.0. The molecule has 1 N–H and O–H groups in total. The Morgan fingerprint density at radius 1 is 0.911 bits per heavy atom. The van der Waals surface area contributed by atoms with E-state index < -0.39 is 27.7 Å². The Morgan fingerprint density at radius 3 is 2.16 bits per heavy atom. The molecule has 0 spiro atoms. The number of ether oxygens (including phenoxy) is 2. The van der Waals surface area contributed by atoms with Crippen molar-refractivity contribution >= 4 is 32.4 Å². The summed E-state index contributed by atoms with van der Waals surface area (Å²) < 4.78 is 78.7. The van der Waals surface area contributed by atoms with Gasteiger partial charge in [-0.3, -0.25) is 4.79 Å². The number of aryl methyl sites for hydroxylation is 3. The second-order valence-electron chi connectivity index (χ2n) is 10.4. The largest absolute Gasteiger partial charge is 0.493 e. The van der Waals surface area contributed by atoms with Gasteiger partial charge in [0.15, 0.2) is 11.5 Å². The summed E-state index contributed by atoms with van der Waals surface area (Å²) in [4.78, 5) is 13.1. The lowest BCUT2D eigenvalue weighted by atomic mass is 10.1. The highest BCUT2D eigenvalue weighted by atomic mass is 32.2. The molecule has 0 unspecified atom stereocenters. The van der Waals surface area contributed by atoms with Gasteiger partial charge in [-0.15, -0.1) is 10.2 Å². The van der Waals surface area contributed by atoms with E-state index in [1.165, 1.54) is 30.7 Å². The molecule has 0 atom stereocenters. The molecule has 0 saturated carbocycles. The lowest BCUT2D eigenvalue weighted by molar-refractivity contribution is -0.137. The van der Waals surface area contributed by atoms with Gasteiger partial charge in [-0.05, 0) is 68.1 Å². The molecule has 0 saturated heterocycles. The summed E-state index contributed by atoms with van der Waals surface area (Å²) in [6, 6.07) is 13.4. The van der Waals surface area contributed by atoms with Gasteiger partial charge in [0.2, 0.25) is 21.1 Å². The van der Waals surface area contributed by atoms with Crippen molar-refractivity contribution in [3.8, 4) is 22.1 Å². The number of halogens is 3. The fourth-order valence-electron chi connectivity index (χ4n) is 4.95. The average Bonchev–Trinajstić information content (AvgIpc) is 3.44. The van der Waals surface area contributed by atoms with Crippen molar-refractivity contribution in [2.75, 3.05) is 32.6 Å². The molecule has 45 heavy (non-hydrogen) atoms. The second-order valence-corrected chi connectivity index (χ2v) is 13.2. The number of amides is 1. The lowest BCUT2D eigenvalue weighted by Crippen LogP contribution is -2.36. The normalized spacial score (nSPS) is 11.9. The SMILES string of the molecule is COc1ccc(CCN(CCC(=O)Nc2nnc(-c3ccc(C(F)(F)F)cc3)s2)S(=O)(=O)c2c(C)cc(C)cc2C)cc1OC. The number of anilines is 1. The average molecular weight is 663 g/mol. The van der Waals surface area contributed by atoms with Crippen LogP contribution in [-0.2, 0) is 27.4 Å². The van der Waals surface area contributed by atoms with E-state index in [-0.39, 0.29) is 29.5 Å². The first-order valence-electron chi connectivity index (χ1n) is 13.8. The molecule has 1 heterocycles. The van der Waals surface area contributed by atoms with Crippen LogP contribution in [-0.4, -0.2) is 56.1 Å². The number of carbonyl (C=O) groups excluding carboxylic acids is 1. The quantitative estimate of drug-likeness (QED) is 0.186. The van der Waals surface area contributed by atoms with E-state index in [4.69, 9.17) is 9.47 Å². The van der Waals surface area contributed by atoms with E-state index in [1.807, 2.05) is 25.1 Å². The summed E-state index contributed by atoms with van der Waals surface area (Å²) in [6.07, 6.45) is -4.29. The van der Waals surface area contributed by atoms with Crippen LogP contribution in [0.15, 0.2) is 59.5 Å². The zero-order valence-electron chi connectivity index (χ0n) is 25.4. The molecule has 1 amide bonds. The second kappa shape index (κ2) is 14.0. The summed E-state index contributed by atoms with van der Waals surface area (Å²) in [5.74, 6) is 0.571. The fraction of sp³-hybridized carbons (Fsp3) is 0.323. The highest BCUT2D eigenvalue weighted by Crippen LogP contribution is 2.33. The van der Waals surface area contributed by atoms with Gasteiger partial charge in [-0.1, -0.05) is 47.2 Å². The van der Waals surface area contributed by atoms with Crippen LogP contribution >= 0.6 is 11.3 Å². The van der Waals surface area contributed by atoms with Gasteiger partial charge in [0.25, 0.3) is 0 Å². The summed E-state index contributed by atoms with van der Waals surface area (Å²) in [5, 5.41) is 11.0. The molecular weight excluding hydrogens is 629 g/mol. The number of alkyl halides is 3. The van der Waals surface area contributed by atoms with E-state index in [1.54, 1.807) is 26.0 Å². The van der Waals surface area contributed by atoms with E-state index >= 15 is 0 Å². The Kier molecular flexibility index (Phi) is 10.5. The lowest BCUT2D eigenvalue weighted by Gasteiger charge is -2.24. The molecule has 0 fully saturated rings. The van der Waals surface area contributed by atoms with Crippen molar-refractivity contribution in [2.24, 2.45) is 0 Å². The topological polar surface area (TPSA) is 111 Å². The Labute approximate surface area is 264 Å². The number of methoxy groups -OCH3 is 2. The van der Waals surface area contributed by atoms with E-state index in [2.05, 4.69) is 15.5 Å². The third kappa shape index (κ3) is 8.18. The summed E-state index contributed by atoms with van der Waals surface area (Å²) >= 11 is 0.994. The number of hydrogen-bond donors (Lipinski definition) is 1. The first-order chi connectivity index (χ1) is 21.2. The van der Waals surface area contributed by atoms with Crippen LogP contribution in [0.1, 0.15) is 34.2 Å². The fourth-order valence-corrected chi connectivity index (χ4v) is 7.56. The number of hydrogen-bond acceptors (Lipinski definition) is 8. The summed E-state index contributed by atoms with van der Waals surface area (Å²) in [6.45, 7) is 5.37.